The molecule has 94 valence electrons. The maximum atomic E-state index is 5.85. The van der Waals surface area contributed by atoms with Crippen LogP contribution in [0.25, 0.3) is 0 Å². The van der Waals surface area contributed by atoms with Crippen molar-refractivity contribution < 1.29 is 13.9 Å². The van der Waals surface area contributed by atoms with Gasteiger partial charge in [-0.25, -0.2) is 0 Å². The van der Waals surface area contributed by atoms with Gasteiger partial charge in [-0.2, -0.15) is 0 Å². The zero-order valence-electron chi connectivity index (χ0n) is 10.0. The van der Waals surface area contributed by atoms with Crippen molar-refractivity contribution in [2.75, 3.05) is 26.2 Å². The van der Waals surface area contributed by atoms with E-state index in [9.17, 15) is 0 Å². The highest BCUT2D eigenvalue weighted by Crippen LogP contribution is 2.27. The standard InChI is InChI=1S/C13H19NO3/c1-2-6-14(7-3-1)9-11-10-16-13(17-11)12-5-4-8-15-12/h4-5,8,11,13H,1-3,6-7,9-10H2. The normalized spacial score (nSPS) is 30.8. The summed E-state index contributed by atoms with van der Waals surface area (Å²) in [6, 6.07) is 3.76. The van der Waals surface area contributed by atoms with Crippen molar-refractivity contribution in [1.82, 2.24) is 4.90 Å². The van der Waals surface area contributed by atoms with Crippen LogP contribution in [0.2, 0.25) is 0 Å². The molecule has 1 aromatic heterocycles. The molecule has 3 rings (SSSR count). The summed E-state index contributed by atoms with van der Waals surface area (Å²) >= 11 is 0. The van der Waals surface area contributed by atoms with Crippen LogP contribution in [0.5, 0.6) is 0 Å². The number of likely N-dealkylation sites (tertiary alicyclic amines) is 1. The number of nitrogens with zero attached hydrogens (tertiary/aromatic N) is 1. The van der Waals surface area contributed by atoms with Crippen LogP contribution in [0, 0.1) is 0 Å². The number of piperidine rings is 1. The molecule has 0 aliphatic carbocycles. The summed E-state index contributed by atoms with van der Waals surface area (Å²) in [5.41, 5.74) is 0. The van der Waals surface area contributed by atoms with E-state index in [2.05, 4.69) is 4.90 Å². The highest BCUT2D eigenvalue weighted by Gasteiger charge is 2.30. The van der Waals surface area contributed by atoms with Crippen LogP contribution in [0.1, 0.15) is 31.3 Å². The van der Waals surface area contributed by atoms with E-state index in [4.69, 9.17) is 13.9 Å². The monoisotopic (exact) mass is 237 g/mol. The molecule has 2 unspecified atom stereocenters. The first-order chi connectivity index (χ1) is 8.42. The van der Waals surface area contributed by atoms with E-state index >= 15 is 0 Å². The first-order valence-electron chi connectivity index (χ1n) is 6.44. The minimum Gasteiger partial charge on any atom is -0.464 e. The third kappa shape index (κ3) is 2.70. The molecule has 4 heteroatoms. The van der Waals surface area contributed by atoms with Crippen molar-refractivity contribution in [2.45, 2.75) is 31.7 Å². The van der Waals surface area contributed by atoms with Crippen LogP contribution in [0.3, 0.4) is 0 Å². The summed E-state index contributed by atoms with van der Waals surface area (Å²) in [4.78, 5) is 2.47. The van der Waals surface area contributed by atoms with Gasteiger partial charge in [0.05, 0.1) is 19.0 Å². The quantitative estimate of drug-likeness (QED) is 0.807. The minimum absolute atomic E-state index is 0.184. The largest absolute Gasteiger partial charge is 0.464 e. The Morgan fingerprint density at radius 1 is 1.24 bits per heavy atom. The Bertz CT molecular complexity index is 332. The Hall–Kier alpha value is -0.840. The third-order valence-electron chi connectivity index (χ3n) is 3.44. The zero-order chi connectivity index (χ0) is 11.5. The smallest absolute Gasteiger partial charge is 0.217 e. The van der Waals surface area contributed by atoms with E-state index in [1.165, 1.54) is 32.4 Å². The van der Waals surface area contributed by atoms with Gasteiger partial charge in [-0.15, -0.1) is 0 Å². The molecular formula is C13H19NO3. The second-order valence-electron chi connectivity index (χ2n) is 4.80. The Morgan fingerprint density at radius 2 is 2.12 bits per heavy atom. The van der Waals surface area contributed by atoms with Gasteiger partial charge < -0.3 is 18.8 Å². The lowest BCUT2D eigenvalue weighted by Gasteiger charge is -2.28. The Morgan fingerprint density at radius 3 is 2.88 bits per heavy atom. The van der Waals surface area contributed by atoms with Crippen LogP contribution in [-0.4, -0.2) is 37.2 Å². The molecular weight excluding hydrogens is 218 g/mol. The second kappa shape index (κ2) is 5.21. The minimum atomic E-state index is -0.306. The third-order valence-corrected chi connectivity index (χ3v) is 3.44. The summed E-state index contributed by atoms with van der Waals surface area (Å²) in [5, 5.41) is 0. The molecule has 2 aliphatic rings. The van der Waals surface area contributed by atoms with Gasteiger partial charge in [0.1, 0.15) is 0 Å². The topological polar surface area (TPSA) is 34.8 Å². The van der Waals surface area contributed by atoms with Gasteiger partial charge in [-0.3, -0.25) is 0 Å². The fraction of sp³-hybridized carbons (Fsp3) is 0.692. The van der Waals surface area contributed by atoms with E-state index in [0.29, 0.717) is 6.61 Å². The van der Waals surface area contributed by atoms with Gasteiger partial charge in [0, 0.05) is 6.54 Å². The Kier molecular flexibility index (Phi) is 3.45. The van der Waals surface area contributed by atoms with Crippen LogP contribution < -0.4 is 0 Å². The van der Waals surface area contributed by atoms with Gasteiger partial charge in [0.2, 0.25) is 6.29 Å². The molecule has 4 nitrogen and oxygen atoms in total. The molecule has 2 aliphatic heterocycles. The highest BCUT2D eigenvalue weighted by molar-refractivity contribution is 5.00. The first-order valence-corrected chi connectivity index (χ1v) is 6.44. The molecule has 0 amide bonds. The number of rotatable bonds is 3. The summed E-state index contributed by atoms with van der Waals surface area (Å²) in [6.07, 6.45) is 5.53. The van der Waals surface area contributed by atoms with Crippen LogP contribution in [0.15, 0.2) is 22.8 Å². The molecule has 0 spiro atoms. The van der Waals surface area contributed by atoms with E-state index in [0.717, 1.165) is 12.3 Å². The first kappa shape index (κ1) is 11.3. The molecule has 2 atom stereocenters. The number of furan rings is 1. The Balaban J connectivity index is 1.50. The van der Waals surface area contributed by atoms with Gasteiger partial charge in [0.15, 0.2) is 5.76 Å². The van der Waals surface area contributed by atoms with E-state index in [1.807, 2.05) is 12.1 Å². The number of hydrogen-bond acceptors (Lipinski definition) is 4. The van der Waals surface area contributed by atoms with E-state index in [-0.39, 0.29) is 12.4 Å². The molecule has 17 heavy (non-hydrogen) atoms. The van der Waals surface area contributed by atoms with Crippen molar-refractivity contribution in [3.05, 3.63) is 24.2 Å². The van der Waals surface area contributed by atoms with E-state index in [1.54, 1.807) is 6.26 Å². The van der Waals surface area contributed by atoms with Gasteiger partial charge in [0.25, 0.3) is 0 Å². The predicted molar refractivity (Wildman–Crippen MR) is 62.6 cm³/mol. The number of hydrogen-bond donors (Lipinski definition) is 0. The van der Waals surface area contributed by atoms with Crippen molar-refractivity contribution in [3.63, 3.8) is 0 Å². The van der Waals surface area contributed by atoms with Gasteiger partial charge in [-0.05, 0) is 38.1 Å². The molecule has 0 saturated carbocycles. The summed E-state index contributed by atoms with van der Waals surface area (Å²) in [7, 11) is 0. The summed E-state index contributed by atoms with van der Waals surface area (Å²) < 4.78 is 16.8. The average Bonchev–Trinajstić information content (AvgIpc) is 3.00. The highest BCUT2D eigenvalue weighted by atomic mass is 16.7. The SMILES string of the molecule is c1coc(C2OCC(CN3CCCCC3)O2)c1. The summed E-state index contributed by atoms with van der Waals surface area (Å²) in [6.45, 7) is 4.05. The zero-order valence-corrected chi connectivity index (χ0v) is 10.0. The molecule has 0 bridgehead atoms. The van der Waals surface area contributed by atoms with Crippen molar-refractivity contribution >= 4 is 0 Å². The number of ether oxygens (including phenoxy) is 2. The van der Waals surface area contributed by atoms with Crippen molar-refractivity contribution in [3.8, 4) is 0 Å². The van der Waals surface area contributed by atoms with Crippen molar-refractivity contribution in [1.29, 1.82) is 0 Å². The molecule has 0 N–H and O–H groups in total. The lowest BCUT2D eigenvalue weighted by molar-refractivity contribution is -0.0778. The maximum absolute atomic E-state index is 5.85. The molecule has 1 aromatic rings. The average molecular weight is 237 g/mol. The van der Waals surface area contributed by atoms with Crippen LogP contribution in [-0.2, 0) is 9.47 Å². The molecule has 3 heterocycles. The van der Waals surface area contributed by atoms with Crippen molar-refractivity contribution in [2.24, 2.45) is 0 Å². The Labute approximate surface area is 101 Å². The molecule has 2 saturated heterocycles. The fourth-order valence-corrected chi connectivity index (χ4v) is 2.55. The van der Waals surface area contributed by atoms with Gasteiger partial charge in [-0.1, -0.05) is 6.42 Å². The van der Waals surface area contributed by atoms with Crippen LogP contribution >= 0.6 is 0 Å². The predicted octanol–water partition coefficient (Wildman–Crippen LogP) is 2.18. The molecule has 0 aromatic carbocycles. The molecule has 2 fully saturated rings. The lowest BCUT2D eigenvalue weighted by atomic mass is 10.1. The fourth-order valence-electron chi connectivity index (χ4n) is 2.55. The van der Waals surface area contributed by atoms with Gasteiger partial charge >= 0.3 is 0 Å². The maximum Gasteiger partial charge on any atom is 0.217 e. The summed E-state index contributed by atoms with van der Waals surface area (Å²) in [5.74, 6) is 0.770. The lowest BCUT2D eigenvalue weighted by Crippen LogP contribution is -2.37. The van der Waals surface area contributed by atoms with Crippen LogP contribution in [0.4, 0.5) is 0 Å². The van der Waals surface area contributed by atoms with E-state index < -0.39 is 0 Å². The second-order valence-corrected chi connectivity index (χ2v) is 4.80. The molecule has 0 radical (unpaired) electrons.